The highest BCUT2D eigenvalue weighted by Crippen LogP contribution is 2.34. The van der Waals surface area contributed by atoms with Crippen LogP contribution in [-0.2, 0) is 11.0 Å². The lowest BCUT2D eigenvalue weighted by Gasteiger charge is -2.17. The molecule has 7 nitrogen and oxygen atoms in total. The maximum Gasteiger partial charge on any atom is 0.445 e. The number of methoxy groups -OCH3 is 1. The molecule has 33 heavy (non-hydrogen) atoms. The molecular formula is C22H17F3N4O3S. The topological polar surface area (TPSA) is 97.1 Å². The van der Waals surface area contributed by atoms with Gasteiger partial charge in [0.15, 0.2) is 11.5 Å². The van der Waals surface area contributed by atoms with E-state index in [2.05, 4.69) is 15.5 Å². The van der Waals surface area contributed by atoms with Gasteiger partial charge in [0, 0.05) is 0 Å². The third-order valence-corrected chi connectivity index (χ3v) is 5.21. The molecule has 11 heteroatoms. The number of nitrogens with zero attached hydrogens (tertiary/aromatic N) is 3. The lowest BCUT2D eigenvalue weighted by atomic mass is 10.1. The minimum Gasteiger partial charge on any atom is -0.493 e. The van der Waals surface area contributed by atoms with E-state index in [9.17, 15) is 23.2 Å². The van der Waals surface area contributed by atoms with Gasteiger partial charge in [-0.05, 0) is 36.3 Å². The van der Waals surface area contributed by atoms with Gasteiger partial charge in [-0.15, -0.1) is 10.2 Å². The zero-order valence-electron chi connectivity index (χ0n) is 17.4. The monoisotopic (exact) mass is 474 g/mol. The molecule has 1 N–H and O–H groups in total. The minimum absolute atomic E-state index is 0.162. The summed E-state index contributed by atoms with van der Waals surface area (Å²) in [5.74, 6) is -0.0787. The Morgan fingerprint density at radius 2 is 1.91 bits per heavy atom. The fourth-order valence-electron chi connectivity index (χ4n) is 2.72. The van der Waals surface area contributed by atoms with E-state index in [0.717, 1.165) is 5.56 Å². The van der Waals surface area contributed by atoms with E-state index in [4.69, 9.17) is 9.47 Å². The Bertz CT molecular complexity index is 1200. The molecule has 1 unspecified atom stereocenters. The number of benzene rings is 2. The molecule has 170 valence electrons. The molecule has 3 rings (SSSR count). The van der Waals surface area contributed by atoms with Crippen LogP contribution in [-0.4, -0.2) is 23.2 Å². The van der Waals surface area contributed by atoms with Crippen molar-refractivity contribution in [3.05, 3.63) is 70.2 Å². The van der Waals surface area contributed by atoms with Crippen LogP contribution in [0.2, 0.25) is 0 Å². The van der Waals surface area contributed by atoms with Crippen molar-refractivity contribution in [3.8, 4) is 17.6 Å². The van der Waals surface area contributed by atoms with E-state index in [1.807, 2.05) is 37.3 Å². The number of nitriles is 1. The Kier molecular flexibility index (Phi) is 7.30. The van der Waals surface area contributed by atoms with Crippen LogP contribution in [0.5, 0.6) is 11.5 Å². The second-order valence-electron chi connectivity index (χ2n) is 6.62. The number of ether oxygens (including phenoxy) is 2. The number of rotatable bonds is 7. The molecule has 1 heterocycles. The smallest absolute Gasteiger partial charge is 0.445 e. The van der Waals surface area contributed by atoms with Crippen molar-refractivity contribution < 1.29 is 27.4 Å². The molecule has 0 saturated carbocycles. The number of halogens is 3. The fourth-order valence-corrected chi connectivity index (χ4v) is 3.33. The molecule has 0 bridgehead atoms. The molecule has 1 atom stereocenters. The van der Waals surface area contributed by atoms with Gasteiger partial charge in [0.25, 0.3) is 5.91 Å². The third kappa shape index (κ3) is 6.08. The highest BCUT2D eigenvalue weighted by molar-refractivity contribution is 7.15. The lowest BCUT2D eigenvalue weighted by molar-refractivity contribution is -0.138. The zero-order valence-corrected chi connectivity index (χ0v) is 18.2. The van der Waals surface area contributed by atoms with E-state index in [-0.39, 0.29) is 28.1 Å². The Morgan fingerprint density at radius 3 is 2.52 bits per heavy atom. The summed E-state index contributed by atoms with van der Waals surface area (Å²) in [6.45, 7) is 1.89. The van der Waals surface area contributed by atoms with Gasteiger partial charge >= 0.3 is 6.18 Å². The zero-order chi connectivity index (χ0) is 24.0. The van der Waals surface area contributed by atoms with E-state index in [1.165, 1.54) is 13.2 Å². The van der Waals surface area contributed by atoms with E-state index < -0.39 is 17.1 Å². The molecule has 1 amide bonds. The van der Waals surface area contributed by atoms with Gasteiger partial charge in [-0.1, -0.05) is 47.7 Å². The summed E-state index contributed by atoms with van der Waals surface area (Å²) in [5, 5.41) is 16.2. The number of nitrogens with one attached hydrogen (secondary N) is 1. The van der Waals surface area contributed by atoms with Crippen LogP contribution >= 0.6 is 11.3 Å². The highest BCUT2D eigenvalue weighted by atomic mass is 32.1. The first-order chi connectivity index (χ1) is 15.7. The average molecular weight is 474 g/mol. The number of carbonyl (C=O) groups excluding carboxylic acids is 1. The summed E-state index contributed by atoms with van der Waals surface area (Å²) in [6, 6.07) is 16.1. The van der Waals surface area contributed by atoms with Crippen LogP contribution in [0.15, 0.2) is 54.1 Å². The van der Waals surface area contributed by atoms with Crippen molar-refractivity contribution in [2.75, 3.05) is 12.4 Å². The summed E-state index contributed by atoms with van der Waals surface area (Å²) in [7, 11) is 1.45. The maximum absolute atomic E-state index is 12.6. The number of amides is 1. The Hall–Kier alpha value is -3.91. The Morgan fingerprint density at radius 1 is 1.18 bits per heavy atom. The van der Waals surface area contributed by atoms with Gasteiger partial charge in [0.2, 0.25) is 10.1 Å². The van der Waals surface area contributed by atoms with Gasteiger partial charge in [0.05, 0.1) is 7.11 Å². The number of anilines is 1. The lowest BCUT2D eigenvalue weighted by Crippen LogP contribution is -2.13. The predicted molar refractivity (Wildman–Crippen MR) is 116 cm³/mol. The summed E-state index contributed by atoms with van der Waals surface area (Å²) in [6.07, 6.45) is -3.66. The standard InChI is InChI=1S/C22H17F3N4O3S/c1-13(15-6-4-3-5-7-15)32-17-9-8-14(11-18(17)31-2)10-16(12-26)19(30)27-21-29-28-20(33-21)22(23,24)25/h3-11,13H,1-2H3,(H,27,29,30). The van der Waals surface area contributed by atoms with Crippen molar-refractivity contribution in [1.82, 2.24) is 10.2 Å². The number of hydrogen-bond acceptors (Lipinski definition) is 7. The Labute approximate surface area is 191 Å². The van der Waals surface area contributed by atoms with Gasteiger partial charge in [-0.25, -0.2) is 0 Å². The molecule has 0 aliphatic heterocycles. The van der Waals surface area contributed by atoms with Crippen LogP contribution in [0, 0.1) is 11.3 Å². The van der Waals surface area contributed by atoms with Gasteiger partial charge in [-0.2, -0.15) is 18.4 Å². The van der Waals surface area contributed by atoms with Crippen molar-refractivity contribution in [1.29, 1.82) is 5.26 Å². The van der Waals surface area contributed by atoms with Crippen molar-refractivity contribution in [2.24, 2.45) is 0 Å². The second-order valence-corrected chi connectivity index (χ2v) is 7.59. The summed E-state index contributed by atoms with van der Waals surface area (Å²) in [4.78, 5) is 12.3. The Balaban J connectivity index is 1.77. The quantitative estimate of drug-likeness (QED) is 0.371. The number of aromatic nitrogens is 2. The molecule has 0 aliphatic rings. The van der Waals surface area contributed by atoms with Crippen molar-refractivity contribution >= 4 is 28.5 Å². The van der Waals surface area contributed by atoms with Crippen molar-refractivity contribution in [3.63, 3.8) is 0 Å². The number of carbonyl (C=O) groups is 1. The first-order valence-electron chi connectivity index (χ1n) is 9.44. The summed E-state index contributed by atoms with van der Waals surface area (Å²) < 4.78 is 49.3. The van der Waals surface area contributed by atoms with Crippen LogP contribution in [0.3, 0.4) is 0 Å². The molecule has 0 saturated heterocycles. The van der Waals surface area contributed by atoms with Crippen molar-refractivity contribution in [2.45, 2.75) is 19.2 Å². The number of hydrogen-bond donors (Lipinski definition) is 1. The molecule has 0 radical (unpaired) electrons. The predicted octanol–water partition coefficient (Wildman–Crippen LogP) is 5.25. The first-order valence-corrected chi connectivity index (χ1v) is 10.3. The second kappa shape index (κ2) is 10.1. The van der Waals surface area contributed by atoms with Crippen LogP contribution in [0.25, 0.3) is 6.08 Å². The average Bonchev–Trinajstić information content (AvgIpc) is 3.27. The molecule has 1 aromatic heterocycles. The molecule has 2 aromatic carbocycles. The van der Waals surface area contributed by atoms with Gasteiger partial charge < -0.3 is 9.47 Å². The molecular weight excluding hydrogens is 457 g/mol. The third-order valence-electron chi connectivity index (χ3n) is 4.32. The van der Waals surface area contributed by atoms with Crippen LogP contribution in [0.1, 0.15) is 29.2 Å². The molecule has 0 spiro atoms. The normalized spacial score (nSPS) is 12.5. The maximum atomic E-state index is 12.6. The largest absolute Gasteiger partial charge is 0.493 e. The molecule has 3 aromatic rings. The number of alkyl halides is 3. The first kappa shape index (κ1) is 23.7. The summed E-state index contributed by atoms with van der Waals surface area (Å²) >= 11 is 0.162. The SMILES string of the molecule is COc1cc(C=C(C#N)C(=O)Nc2nnc(C(F)(F)F)s2)ccc1OC(C)c1ccccc1. The van der Waals surface area contributed by atoms with Crippen LogP contribution in [0.4, 0.5) is 18.3 Å². The molecule has 0 aliphatic carbocycles. The molecule has 0 fully saturated rings. The van der Waals surface area contributed by atoms with Crippen LogP contribution < -0.4 is 14.8 Å². The van der Waals surface area contributed by atoms with E-state index in [0.29, 0.717) is 17.1 Å². The summed E-state index contributed by atoms with van der Waals surface area (Å²) in [5.41, 5.74) is 1.08. The minimum atomic E-state index is -4.67. The highest BCUT2D eigenvalue weighted by Gasteiger charge is 2.35. The van der Waals surface area contributed by atoms with Gasteiger partial charge in [0.1, 0.15) is 17.7 Å². The fraction of sp³-hybridized carbons (Fsp3) is 0.182. The van der Waals surface area contributed by atoms with Gasteiger partial charge in [-0.3, -0.25) is 10.1 Å². The van der Waals surface area contributed by atoms with E-state index in [1.54, 1.807) is 24.3 Å². The van der Waals surface area contributed by atoms with E-state index >= 15 is 0 Å².